The molecule has 1 aromatic heterocycles. The van der Waals surface area contributed by atoms with Crippen LogP contribution in [0.15, 0.2) is 109 Å². The quantitative estimate of drug-likeness (QED) is 0.250. The Morgan fingerprint density at radius 3 is 2.35 bits per heavy atom. The van der Waals surface area contributed by atoms with Crippen molar-refractivity contribution < 1.29 is 0 Å². The molecule has 5 aromatic carbocycles. The first kappa shape index (κ1) is 28.8. The molecule has 6 aromatic rings. The maximum absolute atomic E-state index is 2.72. The van der Waals surface area contributed by atoms with E-state index in [0.29, 0.717) is 0 Å². The van der Waals surface area contributed by atoms with E-state index in [4.69, 9.17) is 0 Å². The number of rotatable bonds is 4. The number of hydrogen-bond donors (Lipinski definition) is 0. The predicted octanol–water partition coefficient (Wildman–Crippen LogP) is 3.34. The van der Waals surface area contributed by atoms with Gasteiger partial charge in [-0.15, -0.1) is 0 Å². The van der Waals surface area contributed by atoms with Crippen molar-refractivity contribution in [1.29, 1.82) is 0 Å². The number of hydrogen-bond acceptors (Lipinski definition) is 0. The molecular weight excluding hydrogens is 652 g/mol. The summed E-state index contributed by atoms with van der Waals surface area (Å²) in [4.78, 5) is 0. The zero-order valence-electron chi connectivity index (χ0n) is 27.4. The minimum absolute atomic E-state index is 0.223. The summed E-state index contributed by atoms with van der Waals surface area (Å²) >= 11 is 0.223. The van der Waals surface area contributed by atoms with Crippen molar-refractivity contribution in [2.24, 2.45) is 0 Å². The van der Waals surface area contributed by atoms with E-state index in [1.54, 1.807) is 57.3 Å². The van der Waals surface area contributed by atoms with Crippen molar-refractivity contribution in [3.05, 3.63) is 120 Å². The fourth-order valence-electron chi connectivity index (χ4n) is 9.11. The van der Waals surface area contributed by atoms with Crippen LogP contribution >= 0.6 is 0 Å². The zero-order chi connectivity index (χ0) is 31.2. The Hall–Kier alpha value is -3.34. The summed E-state index contributed by atoms with van der Waals surface area (Å²) in [5.41, 5.74) is 10.8. The number of aryl methyl sites for hydroxylation is 1. The molecule has 0 saturated carbocycles. The molecule has 0 radical (unpaired) electrons. The second-order valence-electron chi connectivity index (χ2n) is 14.6. The van der Waals surface area contributed by atoms with Gasteiger partial charge >= 0.3 is 284 Å². The van der Waals surface area contributed by atoms with Gasteiger partial charge in [-0.2, -0.15) is 0 Å². The molecular formula is C41H40BNSeSi2. The Labute approximate surface area is 282 Å². The molecule has 0 saturated heterocycles. The summed E-state index contributed by atoms with van der Waals surface area (Å²) in [5.74, 6) is 0. The van der Waals surface area contributed by atoms with Crippen molar-refractivity contribution in [2.45, 2.75) is 58.3 Å². The molecule has 1 aliphatic carbocycles. The Balaban J connectivity index is 1.42. The summed E-state index contributed by atoms with van der Waals surface area (Å²) in [7, 11) is -3.85. The van der Waals surface area contributed by atoms with Crippen molar-refractivity contribution in [1.82, 2.24) is 4.57 Å². The molecule has 2 aliphatic heterocycles. The van der Waals surface area contributed by atoms with E-state index >= 15 is 0 Å². The van der Waals surface area contributed by atoms with Gasteiger partial charge in [0.2, 0.25) is 0 Å². The number of aromatic nitrogens is 1. The van der Waals surface area contributed by atoms with Crippen LogP contribution < -0.4 is 46.1 Å². The minimum atomic E-state index is -2.33. The molecule has 5 heteroatoms. The van der Waals surface area contributed by atoms with Crippen LogP contribution in [0.1, 0.15) is 31.0 Å². The fraction of sp³-hybridized carbons (Fsp3) is 0.220. The van der Waals surface area contributed by atoms with Gasteiger partial charge in [0.05, 0.1) is 0 Å². The van der Waals surface area contributed by atoms with Crippen LogP contribution in [-0.4, -0.2) is 42.4 Å². The Kier molecular flexibility index (Phi) is 6.64. The van der Waals surface area contributed by atoms with Crippen LogP contribution in [0.4, 0.5) is 0 Å². The van der Waals surface area contributed by atoms with Gasteiger partial charge in [-0.25, -0.2) is 0 Å². The number of nitrogens with zero attached hydrogens (tertiary/aromatic N) is 1. The van der Waals surface area contributed by atoms with E-state index < -0.39 is 16.1 Å². The van der Waals surface area contributed by atoms with Crippen molar-refractivity contribution in [2.75, 3.05) is 0 Å². The first-order chi connectivity index (χ1) is 22.4. The molecule has 0 spiro atoms. The van der Waals surface area contributed by atoms with E-state index in [9.17, 15) is 0 Å². The monoisotopic (exact) mass is 693 g/mol. The van der Waals surface area contributed by atoms with Gasteiger partial charge in [0.25, 0.3) is 0 Å². The number of fused-ring (bicyclic) bond motifs is 7. The normalized spacial score (nSPS) is 18.1. The Morgan fingerprint density at radius 2 is 1.52 bits per heavy atom. The standard InChI is InChI=1S/C41H40BNSeSi2/c1-5-46(28-15-7-6-8-16-28)38-26-25-36(43-34-20-12-9-17-30(34)31-18-10-13-21-35(31)43)41-40(38)42(32-19-11-14-22-37(32)44-41)33-24-23-29(27-39(33)46)45(2,3)4/h6-9,11-12,14-17,19-20,22-27H,5,10,13,18,21H2,1-4H3. The molecule has 3 heterocycles. The second kappa shape index (κ2) is 10.6. The average molecular weight is 693 g/mol. The van der Waals surface area contributed by atoms with Crippen molar-refractivity contribution in [3.63, 3.8) is 0 Å². The average Bonchev–Trinajstić information content (AvgIpc) is 3.42. The molecule has 46 heavy (non-hydrogen) atoms. The SMILES string of the molecule is CC[Si]1(c2ccccc2)c2cc([Si](C)(C)C)ccc2B2c3ccccc3[Se]c3c(-n4c5c(c6ccccc64)CCCC5)ccc1c32. The van der Waals surface area contributed by atoms with Crippen LogP contribution in [0, 0.1) is 0 Å². The van der Waals surface area contributed by atoms with E-state index in [1.807, 2.05) is 0 Å². The molecule has 226 valence electrons. The summed E-state index contributed by atoms with van der Waals surface area (Å²) in [6.45, 7) is 10.3. The van der Waals surface area contributed by atoms with Gasteiger partial charge < -0.3 is 0 Å². The molecule has 1 atom stereocenters. The zero-order valence-corrected chi connectivity index (χ0v) is 31.1. The third-order valence-electron chi connectivity index (χ3n) is 11.3. The summed E-state index contributed by atoms with van der Waals surface area (Å²) < 4.78 is 5.90. The Morgan fingerprint density at radius 1 is 0.761 bits per heavy atom. The molecule has 1 unspecified atom stereocenters. The van der Waals surface area contributed by atoms with Gasteiger partial charge in [0, 0.05) is 0 Å². The molecule has 0 fully saturated rings. The third-order valence-corrected chi connectivity index (χ3v) is 21.0. The first-order valence-corrected chi connectivity index (χ1v) is 24.6. The summed E-state index contributed by atoms with van der Waals surface area (Å²) in [5, 5.41) is 7.96. The van der Waals surface area contributed by atoms with Crippen LogP contribution in [0.5, 0.6) is 0 Å². The van der Waals surface area contributed by atoms with Gasteiger partial charge in [-0.05, 0) is 0 Å². The molecule has 9 rings (SSSR count). The second-order valence-corrected chi connectivity index (χ2v) is 26.1. The number of para-hydroxylation sites is 1. The molecule has 3 aliphatic rings. The van der Waals surface area contributed by atoms with Crippen LogP contribution in [0.25, 0.3) is 16.6 Å². The van der Waals surface area contributed by atoms with Gasteiger partial charge in [0.1, 0.15) is 0 Å². The van der Waals surface area contributed by atoms with Crippen LogP contribution in [-0.2, 0) is 12.8 Å². The maximum atomic E-state index is 2.72. The van der Waals surface area contributed by atoms with Gasteiger partial charge in [-0.1, -0.05) is 0 Å². The fourth-order valence-corrected chi connectivity index (χ4v) is 18.3. The molecule has 0 amide bonds. The molecule has 1 nitrogen and oxygen atoms in total. The van der Waals surface area contributed by atoms with E-state index in [0.717, 1.165) is 0 Å². The Bertz CT molecular complexity index is 2180. The topological polar surface area (TPSA) is 4.93 Å². The summed E-state index contributed by atoms with van der Waals surface area (Å²) in [6.07, 6.45) is 4.96. The predicted molar refractivity (Wildman–Crippen MR) is 207 cm³/mol. The van der Waals surface area contributed by atoms with Gasteiger partial charge in [-0.3, -0.25) is 0 Å². The van der Waals surface area contributed by atoms with E-state index in [1.165, 1.54) is 48.3 Å². The van der Waals surface area contributed by atoms with Crippen LogP contribution in [0.2, 0.25) is 25.7 Å². The third kappa shape index (κ3) is 3.99. The van der Waals surface area contributed by atoms with Crippen molar-refractivity contribution >= 4 is 94.8 Å². The first-order valence-electron chi connectivity index (χ1n) is 17.2. The van der Waals surface area contributed by atoms with Crippen LogP contribution in [0.3, 0.4) is 0 Å². The molecule has 0 bridgehead atoms. The van der Waals surface area contributed by atoms with E-state index in [-0.39, 0.29) is 21.7 Å². The van der Waals surface area contributed by atoms with E-state index in [2.05, 4.69) is 140 Å². The van der Waals surface area contributed by atoms with Crippen molar-refractivity contribution in [3.8, 4) is 5.69 Å². The molecule has 0 N–H and O–H groups in total. The number of benzene rings is 5. The summed E-state index contributed by atoms with van der Waals surface area (Å²) in [6, 6.07) is 44.5. The van der Waals surface area contributed by atoms with Gasteiger partial charge in [0.15, 0.2) is 0 Å².